The van der Waals surface area contributed by atoms with Crippen LogP contribution in [-0.2, 0) is 24.5 Å². The Morgan fingerprint density at radius 2 is 2.00 bits per heavy atom. The van der Waals surface area contributed by atoms with Gasteiger partial charge < -0.3 is 24.2 Å². The van der Waals surface area contributed by atoms with E-state index in [2.05, 4.69) is 52.8 Å². The number of nitrogens with zero attached hydrogens (tertiary/aromatic N) is 1. The largest absolute Gasteiger partial charge is 0.487 e. The SMILES string of the molecule is CC(C)(C)c1ccc2c(c1)[C@H]1O[C@H]3CCN(C(=O)COCC(=O)O)[C@H]3C[C@@H]1C(C)(C)O2. The maximum Gasteiger partial charge on any atom is 0.329 e. The molecule has 0 aromatic heterocycles. The lowest BCUT2D eigenvalue weighted by atomic mass is 9.73. The van der Waals surface area contributed by atoms with E-state index in [1.54, 1.807) is 4.90 Å². The average molecular weight is 432 g/mol. The fourth-order valence-corrected chi connectivity index (χ4v) is 5.18. The van der Waals surface area contributed by atoms with Crippen LogP contribution in [0, 0.1) is 5.92 Å². The van der Waals surface area contributed by atoms with Gasteiger partial charge in [-0.3, -0.25) is 4.79 Å². The van der Waals surface area contributed by atoms with Gasteiger partial charge in [-0.15, -0.1) is 0 Å². The molecule has 4 rings (SSSR count). The molecule has 1 aromatic rings. The Balaban J connectivity index is 1.57. The van der Waals surface area contributed by atoms with E-state index in [1.807, 2.05) is 0 Å². The van der Waals surface area contributed by atoms with E-state index in [0.717, 1.165) is 24.2 Å². The van der Waals surface area contributed by atoms with Gasteiger partial charge >= 0.3 is 5.97 Å². The summed E-state index contributed by atoms with van der Waals surface area (Å²) in [7, 11) is 0. The molecule has 7 heteroatoms. The number of hydrogen-bond donors (Lipinski definition) is 1. The smallest absolute Gasteiger partial charge is 0.329 e. The molecule has 0 saturated carbocycles. The highest BCUT2D eigenvalue weighted by Gasteiger charge is 2.53. The van der Waals surface area contributed by atoms with Gasteiger partial charge in [-0.2, -0.15) is 0 Å². The molecular formula is C24H33NO6. The third-order valence-electron chi connectivity index (χ3n) is 6.89. The molecule has 3 heterocycles. The number of amides is 1. The van der Waals surface area contributed by atoms with Gasteiger partial charge in [0, 0.05) is 18.0 Å². The van der Waals surface area contributed by atoms with Crippen LogP contribution in [0.4, 0.5) is 0 Å². The van der Waals surface area contributed by atoms with E-state index in [1.165, 1.54) is 5.56 Å². The van der Waals surface area contributed by atoms with Crippen molar-refractivity contribution >= 4 is 11.9 Å². The highest BCUT2D eigenvalue weighted by molar-refractivity contribution is 5.78. The number of carboxylic acids is 1. The summed E-state index contributed by atoms with van der Waals surface area (Å²) < 4.78 is 18.1. The summed E-state index contributed by atoms with van der Waals surface area (Å²) in [5.41, 5.74) is 1.95. The van der Waals surface area contributed by atoms with Crippen molar-refractivity contribution in [1.82, 2.24) is 4.90 Å². The highest BCUT2D eigenvalue weighted by atomic mass is 16.5. The van der Waals surface area contributed by atoms with E-state index in [9.17, 15) is 9.59 Å². The van der Waals surface area contributed by atoms with Gasteiger partial charge in [0.2, 0.25) is 5.91 Å². The first kappa shape index (κ1) is 22.1. The predicted octanol–water partition coefficient (Wildman–Crippen LogP) is 3.30. The Morgan fingerprint density at radius 3 is 2.68 bits per heavy atom. The van der Waals surface area contributed by atoms with Crippen molar-refractivity contribution in [3.05, 3.63) is 29.3 Å². The molecule has 4 atom stereocenters. The van der Waals surface area contributed by atoms with Crippen LogP contribution in [0.3, 0.4) is 0 Å². The van der Waals surface area contributed by atoms with Crippen LogP contribution in [0.25, 0.3) is 0 Å². The quantitative estimate of drug-likeness (QED) is 0.787. The zero-order chi connectivity index (χ0) is 22.6. The summed E-state index contributed by atoms with van der Waals surface area (Å²) in [6.45, 7) is 10.7. The van der Waals surface area contributed by atoms with Crippen molar-refractivity contribution in [2.24, 2.45) is 5.92 Å². The molecule has 1 amide bonds. The van der Waals surface area contributed by atoms with Crippen molar-refractivity contribution in [3.8, 4) is 5.75 Å². The lowest BCUT2D eigenvalue weighted by Gasteiger charge is -2.51. The number of ether oxygens (including phenoxy) is 3. The topological polar surface area (TPSA) is 85.3 Å². The van der Waals surface area contributed by atoms with Crippen molar-refractivity contribution in [1.29, 1.82) is 0 Å². The number of carbonyl (C=O) groups is 2. The first-order valence-electron chi connectivity index (χ1n) is 11.1. The summed E-state index contributed by atoms with van der Waals surface area (Å²) in [6, 6.07) is 6.37. The molecule has 2 saturated heterocycles. The lowest BCUT2D eigenvalue weighted by Crippen LogP contribution is -2.55. The van der Waals surface area contributed by atoms with Gasteiger partial charge in [-0.25, -0.2) is 4.79 Å². The maximum absolute atomic E-state index is 12.7. The fourth-order valence-electron chi connectivity index (χ4n) is 5.18. The molecule has 0 radical (unpaired) electrons. The Labute approximate surface area is 183 Å². The molecule has 0 spiro atoms. The minimum Gasteiger partial charge on any atom is -0.487 e. The van der Waals surface area contributed by atoms with Crippen LogP contribution in [0.2, 0.25) is 0 Å². The van der Waals surface area contributed by atoms with Gasteiger partial charge in [-0.05, 0) is 49.8 Å². The van der Waals surface area contributed by atoms with E-state index >= 15 is 0 Å². The molecule has 0 unspecified atom stereocenters. The molecule has 31 heavy (non-hydrogen) atoms. The molecule has 7 nitrogen and oxygen atoms in total. The Kier molecular flexibility index (Phi) is 5.54. The normalized spacial score (nSPS) is 28.9. The second-order valence-corrected chi connectivity index (χ2v) is 10.5. The van der Waals surface area contributed by atoms with Crippen LogP contribution in [-0.4, -0.2) is 59.4 Å². The van der Waals surface area contributed by atoms with Crippen LogP contribution >= 0.6 is 0 Å². The summed E-state index contributed by atoms with van der Waals surface area (Å²) in [5, 5.41) is 8.73. The summed E-state index contributed by atoms with van der Waals surface area (Å²) >= 11 is 0. The minimum absolute atomic E-state index is 0.0290. The van der Waals surface area contributed by atoms with Gasteiger partial charge in [0.1, 0.15) is 24.6 Å². The fraction of sp³-hybridized carbons (Fsp3) is 0.667. The number of aliphatic carboxylic acids is 1. The Morgan fingerprint density at radius 1 is 1.26 bits per heavy atom. The van der Waals surface area contributed by atoms with Crippen LogP contribution in [0.5, 0.6) is 5.75 Å². The molecule has 1 N–H and O–H groups in total. The highest BCUT2D eigenvalue weighted by Crippen LogP contribution is 2.53. The molecular weight excluding hydrogens is 398 g/mol. The number of hydrogen-bond acceptors (Lipinski definition) is 5. The second kappa shape index (κ2) is 7.78. The van der Waals surface area contributed by atoms with E-state index in [0.29, 0.717) is 6.54 Å². The number of fused-ring (bicyclic) bond motifs is 4. The molecule has 2 fully saturated rings. The van der Waals surface area contributed by atoms with Crippen molar-refractivity contribution < 1.29 is 28.9 Å². The number of benzene rings is 1. The van der Waals surface area contributed by atoms with Gasteiger partial charge in [0.25, 0.3) is 0 Å². The summed E-state index contributed by atoms with van der Waals surface area (Å²) in [4.78, 5) is 25.1. The summed E-state index contributed by atoms with van der Waals surface area (Å²) in [6.07, 6.45) is 1.45. The third-order valence-corrected chi connectivity index (χ3v) is 6.89. The first-order valence-corrected chi connectivity index (χ1v) is 11.1. The molecule has 170 valence electrons. The third kappa shape index (κ3) is 4.17. The number of carbonyl (C=O) groups excluding carboxylic acids is 1. The Bertz CT molecular complexity index is 873. The minimum atomic E-state index is -1.08. The molecule has 3 aliphatic rings. The number of rotatable bonds is 4. The number of carboxylic acid groups (broad SMARTS) is 1. The van der Waals surface area contributed by atoms with Crippen molar-refractivity contribution in [2.45, 2.75) is 76.7 Å². The maximum atomic E-state index is 12.7. The Hall–Kier alpha value is -2.12. The predicted molar refractivity (Wildman–Crippen MR) is 114 cm³/mol. The van der Waals surface area contributed by atoms with Gasteiger partial charge in [0.15, 0.2) is 0 Å². The average Bonchev–Trinajstić information content (AvgIpc) is 3.08. The zero-order valence-electron chi connectivity index (χ0n) is 19.0. The van der Waals surface area contributed by atoms with Gasteiger partial charge in [0.05, 0.1) is 18.2 Å². The van der Waals surface area contributed by atoms with E-state index in [-0.39, 0.29) is 42.1 Å². The molecule has 0 bridgehead atoms. The monoisotopic (exact) mass is 431 g/mol. The van der Waals surface area contributed by atoms with Gasteiger partial charge in [-0.1, -0.05) is 26.8 Å². The van der Waals surface area contributed by atoms with Crippen molar-refractivity contribution in [2.75, 3.05) is 19.8 Å². The molecule has 0 aliphatic carbocycles. The zero-order valence-corrected chi connectivity index (χ0v) is 19.0. The molecule has 3 aliphatic heterocycles. The first-order chi connectivity index (χ1) is 14.5. The summed E-state index contributed by atoms with van der Waals surface area (Å²) in [5.74, 6) is -0.276. The number of likely N-dealkylation sites (tertiary alicyclic amines) is 1. The van der Waals surface area contributed by atoms with E-state index < -0.39 is 18.2 Å². The van der Waals surface area contributed by atoms with Crippen molar-refractivity contribution in [3.63, 3.8) is 0 Å². The van der Waals surface area contributed by atoms with Crippen LogP contribution < -0.4 is 4.74 Å². The standard InChI is InChI=1S/C24H33NO6/c1-23(2,3)14-6-7-18-15(10-14)22-16(24(4,5)31-18)11-17-19(30-22)8-9-25(17)20(26)12-29-13-21(27)28/h6-7,10,16-17,19,22H,8-9,11-13H2,1-5H3,(H,27,28)/t16-,17-,19-,22+/m0/s1. The second-order valence-electron chi connectivity index (χ2n) is 10.5. The lowest BCUT2D eigenvalue weighted by molar-refractivity contribution is -0.169. The van der Waals surface area contributed by atoms with Crippen LogP contribution in [0.15, 0.2) is 18.2 Å². The van der Waals surface area contributed by atoms with Crippen LogP contribution in [0.1, 0.15) is 64.7 Å². The van der Waals surface area contributed by atoms with E-state index in [4.69, 9.17) is 19.3 Å². The molecule has 1 aromatic carbocycles.